The number of hydrogen-bond donors (Lipinski definition) is 1. The molecule has 0 radical (unpaired) electrons. The van der Waals surface area contributed by atoms with Crippen LogP contribution in [0.1, 0.15) is 56.5 Å². The molecule has 6 heteroatoms. The van der Waals surface area contributed by atoms with Crippen LogP contribution in [0.5, 0.6) is 0 Å². The highest BCUT2D eigenvalue weighted by Gasteiger charge is 2.31. The van der Waals surface area contributed by atoms with E-state index >= 15 is 0 Å². The number of thioether (sulfide) groups is 2. The van der Waals surface area contributed by atoms with Gasteiger partial charge in [0.15, 0.2) is 5.82 Å². The minimum absolute atomic E-state index is 0.322. The lowest BCUT2D eigenvalue weighted by Gasteiger charge is -2.29. The Balaban J connectivity index is 1.58. The Labute approximate surface area is 134 Å². The van der Waals surface area contributed by atoms with E-state index in [2.05, 4.69) is 24.0 Å². The Bertz CT molecular complexity index is 462. The molecular weight excluding hydrogens is 304 g/mol. The summed E-state index contributed by atoms with van der Waals surface area (Å²) in [7, 11) is 0. The largest absolute Gasteiger partial charge is 0.392 e. The Morgan fingerprint density at radius 2 is 2.05 bits per heavy atom. The zero-order valence-electron chi connectivity index (χ0n) is 12.7. The third-order valence-corrected chi connectivity index (χ3v) is 8.04. The molecule has 0 bridgehead atoms. The highest BCUT2D eigenvalue weighted by molar-refractivity contribution is 8.07. The van der Waals surface area contributed by atoms with E-state index in [0.717, 1.165) is 24.4 Å². The van der Waals surface area contributed by atoms with Crippen LogP contribution in [-0.2, 0) is 6.42 Å². The van der Waals surface area contributed by atoms with Gasteiger partial charge < -0.3 is 9.63 Å². The van der Waals surface area contributed by atoms with Gasteiger partial charge in [-0.3, -0.25) is 0 Å². The molecule has 1 aromatic heterocycles. The zero-order chi connectivity index (χ0) is 14.8. The van der Waals surface area contributed by atoms with Crippen molar-refractivity contribution in [2.45, 2.75) is 67.8 Å². The lowest BCUT2D eigenvalue weighted by Crippen LogP contribution is -2.22. The maximum Gasteiger partial charge on any atom is 0.229 e. The molecule has 1 saturated carbocycles. The van der Waals surface area contributed by atoms with E-state index < -0.39 is 0 Å². The minimum atomic E-state index is -0.326. The number of aliphatic hydroxyl groups is 1. The van der Waals surface area contributed by atoms with Crippen LogP contribution in [0.2, 0.25) is 0 Å². The van der Waals surface area contributed by atoms with Crippen molar-refractivity contribution in [1.82, 2.24) is 10.1 Å². The summed E-state index contributed by atoms with van der Waals surface area (Å²) in [4.78, 5) is 4.53. The Morgan fingerprint density at radius 1 is 1.29 bits per heavy atom. The predicted octanol–water partition coefficient (Wildman–Crippen LogP) is 3.46. The predicted molar refractivity (Wildman–Crippen MR) is 87.7 cm³/mol. The number of aromatic nitrogens is 2. The van der Waals surface area contributed by atoms with Gasteiger partial charge in [0.2, 0.25) is 5.89 Å². The molecule has 2 fully saturated rings. The second kappa shape index (κ2) is 6.92. The van der Waals surface area contributed by atoms with E-state index in [1.165, 1.54) is 12.8 Å². The topological polar surface area (TPSA) is 59.2 Å². The molecule has 21 heavy (non-hydrogen) atoms. The van der Waals surface area contributed by atoms with E-state index in [-0.39, 0.29) is 6.10 Å². The van der Waals surface area contributed by atoms with Crippen LogP contribution in [0.15, 0.2) is 4.52 Å². The second-order valence-corrected chi connectivity index (χ2v) is 9.23. The smallest absolute Gasteiger partial charge is 0.229 e. The summed E-state index contributed by atoms with van der Waals surface area (Å²) in [5, 5.41) is 16.0. The van der Waals surface area contributed by atoms with Crippen molar-refractivity contribution >= 4 is 23.5 Å². The molecule has 1 aromatic rings. The van der Waals surface area contributed by atoms with Gasteiger partial charge in [0.05, 0.1) is 17.8 Å². The van der Waals surface area contributed by atoms with Crippen LogP contribution in [-0.4, -0.2) is 37.6 Å². The van der Waals surface area contributed by atoms with Crippen LogP contribution >= 0.6 is 23.5 Å². The number of aliphatic hydroxyl groups excluding tert-OH is 1. The number of hydrogen-bond acceptors (Lipinski definition) is 6. The fourth-order valence-corrected chi connectivity index (χ4v) is 5.92. The van der Waals surface area contributed by atoms with Gasteiger partial charge in [-0.05, 0) is 18.8 Å². The van der Waals surface area contributed by atoms with Crippen molar-refractivity contribution in [3.8, 4) is 0 Å². The molecule has 118 valence electrons. The maximum atomic E-state index is 10.3. The Morgan fingerprint density at radius 3 is 2.76 bits per heavy atom. The van der Waals surface area contributed by atoms with E-state index in [1.807, 2.05) is 23.5 Å². The quantitative estimate of drug-likeness (QED) is 0.913. The average Bonchev–Trinajstić information content (AvgIpc) is 3.12. The fourth-order valence-electron chi connectivity index (χ4n) is 3.09. The number of rotatable bonds is 4. The van der Waals surface area contributed by atoms with E-state index in [4.69, 9.17) is 4.52 Å². The monoisotopic (exact) mass is 328 g/mol. The molecule has 4 atom stereocenters. The van der Waals surface area contributed by atoms with Gasteiger partial charge >= 0.3 is 0 Å². The van der Waals surface area contributed by atoms with Gasteiger partial charge in [-0.1, -0.05) is 31.8 Å². The molecule has 2 aliphatic rings. The first-order valence-corrected chi connectivity index (χ1v) is 9.90. The van der Waals surface area contributed by atoms with Crippen molar-refractivity contribution in [3.05, 3.63) is 11.7 Å². The minimum Gasteiger partial charge on any atom is -0.392 e. The first-order valence-electron chi connectivity index (χ1n) is 7.91. The van der Waals surface area contributed by atoms with Crippen LogP contribution in [0, 0.1) is 5.92 Å². The van der Waals surface area contributed by atoms with E-state index in [9.17, 15) is 5.11 Å². The first-order chi connectivity index (χ1) is 10.1. The summed E-state index contributed by atoms with van der Waals surface area (Å²) < 4.78 is 5.37. The van der Waals surface area contributed by atoms with Crippen molar-refractivity contribution in [1.29, 1.82) is 0 Å². The van der Waals surface area contributed by atoms with Crippen molar-refractivity contribution in [2.24, 2.45) is 5.92 Å². The maximum absolute atomic E-state index is 10.3. The molecule has 1 N–H and O–H groups in total. The molecular formula is C15H24N2O2S2. The van der Waals surface area contributed by atoms with Crippen molar-refractivity contribution < 1.29 is 9.63 Å². The summed E-state index contributed by atoms with van der Waals surface area (Å²) >= 11 is 3.92. The summed E-state index contributed by atoms with van der Waals surface area (Å²) in [6, 6.07) is 0. The third kappa shape index (κ3) is 3.77. The van der Waals surface area contributed by atoms with Crippen LogP contribution in [0.25, 0.3) is 0 Å². The molecule has 1 aliphatic carbocycles. The average molecular weight is 329 g/mol. The molecule has 0 amide bonds. The molecule has 4 unspecified atom stereocenters. The van der Waals surface area contributed by atoms with E-state index in [0.29, 0.717) is 34.0 Å². The Kier molecular flexibility index (Phi) is 5.17. The van der Waals surface area contributed by atoms with Crippen molar-refractivity contribution in [2.75, 3.05) is 5.75 Å². The lowest BCUT2D eigenvalue weighted by atomic mass is 9.98. The fraction of sp³-hybridized carbons (Fsp3) is 0.867. The molecule has 2 heterocycles. The molecule has 4 nitrogen and oxygen atoms in total. The van der Waals surface area contributed by atoms with Gasteiger partial charge in [-0.15, -0.1) is 11.8 Å². The van der Waals surface area contributed by atoms with Gasteiger partial charge in [-0.2, -0.15) is 16.7 Å². The highest BCUT2D eigenvalue weighted by atomic mass is 32.2. The lowest BCUT2D eigenvalue weighted by molar-refractivity contribution is 0.102. The molecule has 3 rings (SSSR count). The zero-order valence-corrected chi connectivity index (χ0v) is 14.3. The molecule has 1 saturated heterocycles. The Hall–Kier alpha value is -0.200. The number of nitrogens with zero attached hydrogens (tertiary/aromatic N) is 2. The summed E-state index contributed by atoms with van der Waals surface area (Å²) in [5.41, 5.74) is 0. The SMILES string of the molecule is CC1SCC(c2noc(CC(O)C3CCCC3)n2)SC1C. The van der Waals surface area contributed by atoms with Crippen molar-refractivity contribution in [3.63, 3.8) is 0 Å². The van der Waals surface area contributed by atoms with Gasteiger partial charge in [0, 0.05) is 16.3 Å². The molecule has 1 aliphatic heterocycles. The standard InChI is InChI=1S/C15H24N2O2S2/c1-9-10(2)21-13(8-20-9)15-16-14(19-17-15)7-12(18)11-5-3-4-6-11/h9-13,18H,3-8H2,1-2H3. The second-order valence-electron chi connectivity index (χ2n) is 6.23. The molecule has 0 spiro atoms. The summed E-state index contributed by atoms with van der Waals surface area (Å²) in [6.07, 6.45) is 4.92. The first kappa shape index (κ1) is 15.7. The molecule has 0 aromatic carbocycles. The normalized spacial score (nSPS) is 32.4. The third-order valence-electron chi connectivity index (χ3n) is 4.65. The van der Waals surface area contributed by atoms with Crippen LogP contribution in [0.3, 0.4) is 0 Å². The van der Waals surface area contributed by atoms with Crippen LogP contribution in [0.4, 0.5) is 0 Å². The summed E-state index contributed by atoms with van der Waals surface area (Å²) in [5.74, 6) is 2.86. The van der Waals surface area contributed by atoms with E-state index in [1.54, 1.807) is 0 Å². The summed E-state index contributed by atoms with van der Waals surface area (Å²) in [6.45, 7) is 4.54. The van der Waals surface area contributed by atoms with Gasteiger partial charge in [0.1, 0.15) is 0 Å². The van der Waals surface area contributed by atoms with Gasteiger partial charge in [-0.25, -0.2) is 0 Å². The van der Waals surface area contributed by atoms with Gasteiger partial charge in [0.25, 0.3) is 0 Å². The van der Waals surface area contributed by atoms with Crippen LogP contribution < -0.4 is 0 Å². The highest BCUT2D eigenvalue weighted by Crippen LogP contribution is 2.43.